The number of aryl methyl sites for hydroxylation is 1. The number of carbonyl (C=O) groups excluding carboxylic acids is 1. The van der Waals surface area contributed by atoms with Crippen LogP contribution in [-0.2, 0) is 16.0 Å². The van der Waals surface area contributed by atoms with Gasteiger partial charge in [0.05, 0.1) is 12.7 Å². The number of hydrogen-bond donors (Lipinski definition) is 3. The fourth-order valence-electron chi connectivity index (χ4n) is 3.86. The first-order valence-electron chi connectivity index (χ1n) is 12.0. The maximum absolute atomic E-state index is 14.2. The Bertz CT molecular complexity index is 1190. The molecular weight excluding hydrogens is 504 g/mol. The highest BCUT2D eigenvalue weighted by Gasteiger charge is 2.29. The van der Waals surface area contributed by atoms with Gasteiger partial charge in [-0.2, -0.15) is 4.39 Å². The lowest BCUT2D eigenvalue weighted by Gasteiger charge is -2.33. The minimum absolute atomic E-state index is 0. The Kier molecular flexibility index (Phi) is 11.3. The quantitative estimate of drug-likeness (QED) is 0.286. The molecule has 6 nitrogen and oxygen atoms in total. The van der Waals surface area contributed by atoms with Crippen molar-refractivity contribution < 1.29 is 33.3 Å². The van der Waals surface area contributed by atoms with Gasteiger partial charge in [0.15, 0.2) is 11.6 Å². The van der Waals surface area contributed by atoms with E-state index in [-0.39, 0.29) is 50.8 Å². The van der Waals surface area contributed by atoms with Gasteiger partial charge in [0.25, 0.3) is 0 Å². The van der Waals surface area contributed by atoms with E-state index in [2.05, 4.69) is 5.32 Å². The number of benzene rings is 3. The maximum Gasteiger partial charge on any atom is 0.306 e. The average molecular weight is 538 g/mol. The van der Waals surface area contributed by atoms with E-state index in [0.717, 1.165) is 22.4 Å². The Morgan fingerprint density at radius 3 is 2.46 bits per heavy atom. The van der Waals surface area contributed by atoms with E-state index >= 15 is 0 Å². The number of carbonyl (C=O) groups is 1. The molecule has 0 aliphatic carbocycles. The molecule has 202 valence electrons. The van der Waals surface area contributed by atoms with E-state index in [1.54, 1.807) is 6.92 Å². The van der Waals surface area contributed by atoms with E-state index in [1.165, 1.54) is 6.07 Å². The highest BCUT2D eigenvalue weighted by molar-refractivity contribution is 5.85. The zero-order valence-electron chi connectivity index (χ0n) is 21.2. The number of aliphatic hydroxyl groups is 2. The molecule has 0 heterocycles. The molecule has 3 aromatic rings. The Hall–Kier alpha value is -2.78. The number of rotatable bonds is 12. The molecule has 0 fully saturated rings. The molecule has 0 bridgehead atoms. The van der Waals surface area contributed by atoms with Gasteiger partial charge < -0.3 is 25.0 Å². The lowest BCUT2D eigenvalue weighted by molar-refractivity contribution is -0.143. The summed E-state index contributed by atoms with van der Waals surface area (Å²) in [4.78, 5) is 11.5. The van der Waals surface area contributed by atoms with Crippen LogP contribution in [0.15, 0.2) is 54.6 Å². The zero-order valence-corrected chi connectivity index (χ0v) is 22.0. The molecule has 0 radical (unpaired) electrons. The summed E-state index contributed by atoms with van der Waals surface area (Å²) in [5, 5.41) is 26.5. The van der Waals surface area contributed by atoms with Crippen LogP contribution >= 0.6 is 12.4 Å². The van der Waals surface area contributed by atoms with Gasteiger partial charge >= 0.3 is 5.97 Å². The van der Waals surface area contributed by atoms with Gasteiger partial charge in [-0.3, -0.25) is 4.79 Å². The fraction of sp³-hybridized carbons (Fsp3) is 0.393. The van der Waals surface area contributed by atoms with Crippen molar-refractivity contribution in [1.82, 2.24) is 5.32 Å². The van der Waals surface area contributed by atoms with Crippen LogP contribution in [0.5, 0.6) is 5.75 Å². The number of nitrogens with one attached hydrogen (secondary N) is 1. The molecule has 0 aromatic heterocycles. The number of hydrogen-bond acceptors (Lipinski definition) is 6. The molecule has 0 amide bonds. The Balaban J connectivity index is 0.00000481. The summed E-state index contributed by atoms with van der Waals surface area (Å²) in [5.41, 5.74) is 0.312. The van der Waals surface area contributed by atoms with Crippen molar-refractivity contribution in [2.45, 2.75) is 51.4 Å². The van der Waals surface area contributed by atoms with E-state index < -0.39 is 35.4 Å². The van der Waals surface area contributed by atoms with Crippen LogP contribution in [-0.4, -0.2) is 47.6 Å². The van der Waals surface area contributed by atoms with Gasteiger partial charge in [-0.05, 0) is 67.3 Å². The minimum atomic E-state index is -1.16. The molecule has 0 aliphatic heterocycles. The van der Waals surface area contributed by atoms with Crippen molar-refractivity contribution in [2.75, 3.05) is 19.8 Å². The van der Waals surface area contributed by atoms with Crippen molar-refractivity contribution in [2.24, 2.45) is 0 Å². The van der Waals surface area contributed by atoms with Crippen LogP contribution < -0.4 is 10.1 Å². The summed E-state index contributed by atoms with van der Waals surface area (Å²) in [7, 11) is 0. The first-order valence-corrected chi connectivity index (χ1v) is 12.0. The summed E-state index contributed by atoms with van der Waals surface area (Å²) in [6.45, 7) is 5.29. The molecular formula is C28H34ClF2NO5. The summed E-state index contributed by atoms with van der Waals surface area (Å²) in [6.07, 6.45) is -1.73. The van der Waals surface area contributed by atoms with Gasteiger partial charge in [-0.15, -0.1) is 12.4 Å². The van der Waals surface area contributed by atoms with Gasteiger partial charge in [-0.1, -0.05) is 36.4 Å². The second-order valence-electron chi connectivity index (χ2n) is 9.27. The summed E-state index contributed by atoms with van der Waals surface area (Å²) < 4.78 is 38.4. The monoisotopic (exact) mass is 537 g/mol. The number of β-amino-alcohol motifs (C(OH)–C–C–N with tert-alkyl or cyclic N) is 1. The highest BCUT2D eigenvalue weighted by Crippen LogP contribution is 2.28. The standard InChI is InChI=1S/C28H33F2NO5.ClH/c1-4-35-25(33)12-9-18-13-23(29)26(30)24(14-18)36-17-22(32)16-31-28(2,3)27(34)21-11-10-19-7-5-6-8-20(19)15-21;/h5-8,10-11,13-15,22,27,31-32,34H,4,9,12,16-17H2,1-3H3;1H/t22-,27?;/m1./s1. The van der Waals surface area contributed by atoms with Crippen LogP contribution in [0.1, 0.15) is 44.4 Å². The second-order valence-corrected chi connectivity index (χ2v) is 9.27. The molecule has 9 heteroatoms. The lowest BCUT2D eigenvalue weighted by atomic mass is 9.90. The third kappa shape index (κ3) is 8.36. The largest absolute Gasteiger partial charge is 0.488 e. The summed E-state index contributed by atoms with van der Waals surface area (Å²) in [6, 6.07) is 15.9. The van der Waals surface area contributed by atoms with Gasteiger partial charge in [0, 0.05) is 18.5 Å². The lowest BCUT2D eigenvalue weighted by Crippen LogP contribution is -2.48. The molecule has 0 spiro atoms. The maximum atomic E-state index is 14.2. The molecule has 2 atom stereocenters. The third-order valence-corrected chi connectivity index (χ3v) is 5.98. The number of fused-ring (bicyclic) bond motifs is 1. The number of halogens is 3. The average Bonchev–Trinajstić information content (AvgIpc) is 2.86. The van der Waals surface area contributed by atoms with E-state index in [1.807, 2.05) is 56.3 Å². The highest BCUT2D eigenvalue weighted by atomic mass is 35.5. The van der Waals surface area contributed by atoms with Crippen molar-refractivity contribution in [3.05, 3.63) is 77.4 Å². The Morgan fingerprint density at radius 1 is 1.05 bits per heavy atom. The van der Waals surface area contributed by atoms with Crippen molar-refractivity contribution in [3.63, 3.8) is 0 Å². The Labute approximate surface area is 222 Å². The topological polar surface area (TPSA) is 88.0 Å². The molecule has 3 aromatic carbocycles. The molecule has 3 rings (SSSR count). The normalized spacial score (nSPS) is 13.1. The molecule has 3 N–H and O–H groups in total. The third-order valence-electron chi connectivity index (χ3n) is 5.98. The van der Waals surface area contributed by atoms with E-state index in [4.69, 9.17) is 9.47 Å². The van der Waals surface area contributed by atoms with Crippen molar-refractivity contribution >= 4 is 29.1 Å². The minimum Gasteiger partial charge on any atom is -0.488 e. The predicted molar refractivity (Wildman–Crippen MR) is 141 cm³/mol. The van der Waals surface area contributed by atoms with Gasteiger partial charge in [-0.25, -0.2) is 4.39 Å². The first-order chi connectivity index (χ1) is 17.1. The van der Waals surface area contributed by atoms with Crippen LogP contribution in [0, 0.1) is 11.6 Å². The van der Waals surface area contributed by atoms with Crippen LogP contribution in [0.25, 0.3) is 10.8 Å². The van der Waals surface area contributed by atoms with Crippen molar-refractivity contribution in [3.8, 4) is 5.75 Å². The van der Waals surface area contributed by atoms with Gasteiger partial charge in [0.2, 0.25) is 5.82 Å². The summed E-state index contributed by atoms with van der Waals surface area (Å²) >= 11 is 0. The van der Waals surface area contributed by atoms with Crippen LogP contribution in [0.3, 0.4) is 0 Å². The van der Waals surface area contributed by atoms with Crippen molar-refractivity contribution in [1.29, 1.82) is 0 Å². The summed E-state index contributed by atoms with van der Waals surface area (Å²) in [5.74, 6) is -3.04. The second kappa shape index (κ2) is 13.7. The molecule has 0 aliphatic rings. The first kappa shape index (κ1) is 30.4. The number of aliphatic hydroxyl groups excluding tert-OH is 2. The Morgan fingerprint density at radius 2 is 1.76 bits per heavy atom. The molecule has 0 saturated heterocycles. The van der Waals surface area contributed by atoms with Crippen LogP contribution in [0.4, 0.5) is 8.78 Å². The smallest absolute Gasteiger partial charge is 0.306 e. The molecule has 1 unspecified atom stereocenters. The number of esters is 1. The molecule has 37 heavy (non-hydrogen) atoms. The SMILES string of the molecule is CCOC(=O)CCc1cc(F)c(F)c(OC[C@H](O)CNC(C)(C)C(O)c2ccc3ccccc3c2)c1.Cl. The van der Waals surface area contributed by atoms with Gasteiger partial charge in [0.1, 0.15) is 12.7 Å². The predicted octanol–water partition coefficient (Wildman–Crippen LogP) is 4.88. The van der Waals surface area contributed by atoms with Crippen LogP contribution in [0.2, 0.25) is 0 Å². The fourth-order valence-corrected chi connectivity index (χ4v) is 3.86. The van der Waals surface area contributed by atoms with E-state index in [9.17, 15) is 23.8 Å². The zero-order chi connectivity index (χ0) is 26.3. The molecule has 0 saturated carbocycles. The number of ether oxygens (including phenoxy) is 2. The van der Waals surface area contributed by atoms with E-state index in [0.29, 0.717) is 5.56 Å².